The van der Waals surface area contributed by atoms with Crippen molar-refractivity contribution in [2.75, 3.05) is 60.0 Å². The first kappa shape index (κ1) is 13.3. The topological polar surface area (TPSA) is 27.7 Å². The summed E-state index contributed by atoms with van der Waals surface area (Å²) in [5.41, 5.74) is 0. The SMILES string of the molecule is CNC1COCC1CN(C)CCN1CCCC1. The Morgan fingerprint density at radius 2 is 2.06 bits per heavy atom. The van der Waals surface area contributed by atoms with E-state index in [1.165, 1.54) is 39.0 Å². The van der Waals surface area contributed by atoms with E-state index in [4.69, 9.17) is 4.74 Å². The van der Waals surface area contributed by atoms with Gasteiger partial charge in [-0.1, -0.05) is 0 Å². The molecule has 100 valence electrons. The molecule has 0 amide bonds. The molecule has 0 bridgehead atoms. The third-order valence-corrected chi connectivity index (χ3v) is 4.11. The molecule has 4 nitrogen and oxygen atoms in total. The maximum atomic E-state index is 5.54. The van der Waals surface area contributed by atoms with E-state index < -0.39 is 0 Å². The van der Waals surface area contributed by atoms with E-state index in [-0.39, 0.29) is 0 Å². The number of rotatable bonds is 6. The van der Waals surface area contributed by atoms with E-state index in [0.717, 1.165) is 19.8 Å². The highest BCUT2D eigenvalue weighted by molar-refractivity contribution is 4.82. The van der Waals surface area contributed by atoms with Crippen molar-refractivity contribution in [3.8, 4) is 0 Å². The minimum Gasteiger partial charge on any atom is -0.379 e. The highest BCUT2D eigenvalue weighted by atomic mass is 16.5. The summed E-state index contributed by atoms with van der Waals surface area (Å²) in [7, 11) is 4.28. The van der Waals surface area contributed by atoms with Crippen molar-refractivity contribution in [3.63, 3.8) is 0 Å². The van der Waals surface area contributed by atoms with Gasteiger partial charge in [0.25, 0.3) is 0 Å². The Hall–Kier alpha value is -0.160. The lowest BCUT2D eigenvalue weighted by Crippen LogP contribution is -2.41. The van der Waals surface area contributed by atoms with Gasteiger partial charge in [0.2, 0.25) is 0 Å². The summed E-state index contributed by atoms with van der Waals surface area (Å²) in [5.74, 6) is 0.656. The first-order valence-corrected chi connectivity index (χ1v) is 6.95. The molecule has 0 spiro atoms. The molecule has 4 heteroatoms. The van der Waals surface area contributed by atoms with E-state index in [2.05, 4.69) is 22.2 Å². The van der Waals surface area contributed by atoms with Crippen LogP contribution >= 0.6 is 0 Å². The van der Waals surface area contributed by atoms with Gasteiger partial charge >= 0.3 is 0 Å². The minimum atomic E-state index is 0.546. The lowest BCUT2D eigenvalue weighted by Gasteiger charge is -2.25. The van der Waals surface area contributed by atoms with E-state index in [1.54, 1.807) is 0 Å². The predicted octanol–water partition coefficient (Wildman–Crippen LogP) is 0.248. The number of hydrogen-bond donors (Lipinski definition) is 1. The second-order valence-electron chi connectivity index (χ2n) is 5.50. The lowest BCUT2D eigenvalue weighted by atomic mass is 10.0. The number of ether oxygens (including phenoxy) is 1. The van der Waals surface area contributed by atoms with E-state index in [0.29, 0.717) is 12.0 Å². The van der Waals surface area contributed by atoms with Gasteiger partial charge < -0.3 is 19.9 Å². The average Bonchev–Trinajstić information content (AvgIpc) is 2.97. The summed E-state index contributed by atoms with van der Waals surface area (Å²) in [5, 5.41) is 3.35. The normalized spacial score (nSPS) is 30.5. The fourth-order valence-corrected chi connectivity index (χ4v) is 2.91. The average molecular weight is 241 g/mol. The van der Waals surface area contributed by atoms with Gasteiger partial charge in [-0.3, -0.25) is 0 Å². The van der Waals surface area contributed by atoms with Crippen molar-refractivity contribution in [1.82, 2.24) is 15.1 Å². The molecule has 0 aromatic carbocycles. The Labute approximate surface area is 105 Å². The first-order chi connectivity index (χ1) is 8.29. The van der Waals surface area contributed by atoms with Crippen LogP contribution in [0.4, 0.5) is 0 Å². The molecule has 2 rings (SSSR count). The Morgan fingerprint density at radius 1 is 1.29 bits per heavy atom. The molecule has 2 aliphatic heterocycles. The monoisotopic (exact) mass is 241 g/mol. The standard InChI is InChI=1S/C13H27N3O/c1-14-13-11-17-10-12(13)9-15(2)7-8-16-5-3-4-6-16/h12-14H,3-11H2,1-2H3. The fourth-order valence-electron chi connectivity index (χ4n) is 2.91. The van der Waals surface area contributed by atoms with E-state index in [9.17, 15) is 0 Å². The second-order valence-corrected chi connectivity index (χ2v) is 5.50. The highest BCUT2D eigenvalue weighted by Crippen LogP contribution is 2.14. The molecule has 2 aliphatic rings. The summed E-state index contributed by atoms with van der Waals surface area (Å²) < 4.78 is 5.54. The molecule has 0 saturated carbocycles. The number of likely N-dealkylation sites (N-methyl/N-ethyl adjacent to an activating group) is 2. The van der Waals surface area contributed by atoms with E-state index >= 15 is 0 Å². The molecular weight excluding hydrogens is 214 g/mol. The van der Waals surface area contributed by atoms with Crippen LogP contribution in [0.3, 0.4) is 0 Å². The molecule has 1 N–H and O–H groups in total. The maximum Gasteiger partial charge on any atom is 0.0623 e. The number of hydrogen-bond acceptors (Lipinski definition) is 4. The zero-order chi connectivity index (χ0) is 12.1. The summed E-state index contributed by atoms with van der Waals surface area (Å²) in [6.45, 7) is 7.97. The van der Waals surface area contributed by atoms with Gasteiger partial charge in [-0.15, -0.1) is 0 Å². The molecular formula is C13H27N3O. The first-order valence-electron chi connectivity index (χ1n) is 6.95. The third kappa shape index (κ3) is 3.91. The van der Waals surface area contributed by atoms with Crippen molar-refractivity contribution < 1.29 is 4.74 Å². The van der Waals surface area contributed by atoms with Gasteiger partial charge in [-0.05, 0) is 40.0 Å². The zero-order valence-electron chi connectivity index (χ0n) is 11.3. The van der Waals surface area contributed by atoms with Crippen LogP contribution in [0.5, 0.6) is 0 Å². The van der Waals surface area contributed by atoms with Gasteiger partial charge in [0, 0.05) is 31.6 Å². The van der Waals surface area contributed by atoms with Crippen molar-refractivity contribution in [1.29, 1.82) is 0 Å². The van der Waals surface area contributed by atoms with Crippen LogP contribution in [0.1, 0.15) is 12.8 Å². The molecule has 2 atom stereocenters. The van der Waals surface area contributed by atoms with Crippen molar-refractivity contribution >= 4 is 0 Å². The Kier molecular flexibility index (Phi) is 5.22. The molecule has 2 unspecified atom stereocenters. The molecule has 0 aromatic rings. The third-order valence-electron chi connectivity index (χ3n) is 4.11. The number of nitrogens with one attached hydrogen (secondary N) is 1. The lowest BCUT2D eigenvalue weighted by molar-refractivity contribution is 0.170. The summed E-state index contributed by atoms with van der Waals surface area (Å²) >= 11 is 0. The molecule has 0 radical (unpaired) electrons. The van der Waals surface area contributed by atoms with Gasteiger partial charge in [-0.2, -0.15) is 0 Å². The van der Waals surface area contributed by atoms with Gasteiger partial charge in [0.05, 0.1) is 13.2 Å². The van der Waals surface area contributed by atoms with Crippen molar-refractivity contribution in [2.45, 2.75) is 18.9 Å². The van der Waals surface area contributed by atoms with Gasteiger partial charge in [0.1, 0.15) is 0 Å². The van der Waals surface area contributed by atoms with Crippen molar-refractivity contribution in [3.05, 3.63) is 0 Å². The number of likely N-dealkylation sites (tertiary alicyclic amines) is 1. The maximum absolute atomic E-state index is 5.54. The van der Waals surface area contributed by atoms with Crippen LogP contribution in [0.15, 0.2) is 0 Å². The molecule has 2 heterocycles. The fraction of sp³-hybridized carbons (Fsp3) is 1.00. The quantitative estimate of drug-likeness (QED) is 0.721. The smallest absolute Gasteiger partial charge is 0.0623 e. The van der Waals surface area contributed by atoms with Crippen LogP contribution in [-0.2, 0) is 4.74 Å². The van der Waals surface area contributed by atoms with Gasteiger partial charge in [-0.25, -0.2) is 0 Å². The highest BCUT2D eigenvalue weighted by Gasteiger charge is 2.27. The van der Waals surface area contributed by atoms with Crippen LogP contribution < -0.4 is 5.32 Å². The number of nitrogens with zero attached hydrogens (tertiary/aromatic N) is 2. The summed E-state index contributed by atoms with van der Waals surface area (Å²) in [4.78, 5) is 5.04. The molecule has 0 aliphatic carbocycles. The summed E-state index contributed by atoms with van der Waals surface area (Å²) in [6, 6.07) is 0.546. The minimum absolute atomic E-state index is 0.546. The Balaban J connectivity index is 1.64. The van der Waals surface area contributed by atoms with Crippen LogP contribution in [0, 0.1) is 5.92 Å². The molecule has 17 heavy (non-hydrogen) atoms. The molecule has 2 saturated heterocycles. The predicted molar refractivity (Wildman–Crippen MR) is 70.3 cm³/mol. The molecule has 0 aromatic heterocycles. The van der Waals surface area contributed by atoms with Crippen LogP contribution in [0.25, 0.3) is 0 Å². The Morgan fingerprint density at radius 3 is 2.76 bits per heavy atom. The van der Waals surface area contributed by atoms with E-state index in [1.807, 2.05) is 7.05 Å². The molecule has 2 fully saturated rings. The van der Waals surface area contributed by atoms with Crippen molar-refractivity contribution in [2.24, 2.45) is 5.92 Å². The Bertz CT molecular complexity index is 219. The van der Waals surface area contributed by atoms with Gasteiger partial charge in [0.15, 0.2) is 0 Å². The van der Waals surface area contributed by atoms with Crippen LogP contribution in [0.2, 0.25) is 0 Å². The second kappa shape index (κ2) is 6.69. The van der Waals surface area contributed by atoms with Crippen LogP contribution in [-0.4, -0.2) is 75.9 Å². The largest absolute Gasteiger partial charge is 0.379 e. The summed E-state index contributed by atoms with van der Waals surface area (Å²) in [6.07, 6.45) is 2.78. The zero-order valence-corrected chi connectivity index (χ0v) is 11.3.